The van der Waals surface area contributed by atoms with E-state index in [0.29, 0.717) is 24.9 Å². The van der Waals surface area contributed by atoms with Crippen LogP contribution in [0.25, 0.3) is 0 Å². The third-order valence-corrected chi connectivity index (χ3v) is 3.56. The molecule has 5 nitrogen and oxygen atoms in total. The van der Waals surface area contributed by atoms with Crippen LogP contribution in [0.5, 0.6) is 0 Å². The van der Waals surface area contributed by atoms with Gasteiger partial charge in [0.1, 0.15) is 0 Å². The predicted octanol–water partition coefficient (Wildman–Crippen LogP) is 1.09. The van der Waals surface area contributed by atoms with Crippen molar-refractivity contribution in [3.05, 3.63) is 67.7 Å². The van der Waals surface area contributed by atoms with Gasteiger partial charge in [-0.1, -0.05) is 29.8 Å². The SMILES string of the molecule is O=c1ccc(=O)n2n1CN(Cc1ccccc1Cl)C2. The summed E-state index contributed by atoms with van der Waals surface area (Å²) in [6.07, 6.45) is 0. The minimum Gasteiger partial charge on any atom is -0.268 e. The zero-order valence-corrected chi connectivity index (χ0v) is 10.9. The Morgan fingerprint density at radius 1 is 0.947 bits per heavy atom. The van der Waals surface area contributed by atoms with Crippen LogP contribution in [0.4, 0.5) is 0 Å². The van der Waals surface area contributed by atoms with Crippen LogP contribution in [0.2, 0.25) is 5.02 Å². The summed E-state index contributed by atoms with van der Waals surface area (Å²) in [6.45, 7) is 1.41. The van der Waals surface area contributed by atoms with E-state index in [1.807, 2.05) is 29.2 Å². The van der Waals surface area contributed by atoms with Crippen LogP contribution in [0.15, 0.2) is 46.0 Å². The van der Waals surface area contributed by atoms with E-state index in [1.165, 1.54) is 21.5 Å². The number of nitrogens with zero attached hydrogens (tertiary/aromatic N) is 3. The van der Waals surface area contributed by atoms with Gasteiger partial charge in [-0.15, -0.1) is 0 Å². The second-order valence-electron chi connectivity index (χ2n) is 4.51. The number of benzene rings is 1. The molecule has 0 fully saturated rings. The molecule has 0 atom stereocenters. The maximum atomic E-state index is 11.7. The fraction of sp³-hybridized carbons (Fsp3) is 0.231. The first kappa shape index (κ1) is 12.2. The Morgan fingerprint density at radius 3 is 2.11 bits per heavy atom. The van der Waals surface area contributed by atoms with Crippen LogP contribution >= 0.6 is 11.6 Å². The van der Waals surface area contributed by atoms with Crippen molar-refractivity contribution in [1.82, 2.24) is 14.3 Å². The molecule has 1 aliphatic heterocycles. The zero-order chi connectivity index (χ0) is 13.4. The van der Waals surface area contributed by atoms with Gasteiger partial charge in [0, 0.05) is 23.7 Å². The first-order chi connectivity index (χ1) is 9.15. The Morgan fingerprint density at radius 2 is 1.53 bits per heavy atom. The molecular weight excluding hydrogens is 266 g/mol. The van der Waals surface area contributed by atoms with Gasteiger partial charge in [-0.05, 0) is 11.6 Å². The summed E-state index contributed by atoms with van der Waals surface area (Å²) >= 11 is 6.11. The van der Waals surface area contributed by atoms with Crippen LogP contribution in [-0.2, 0) is 19.9 Å². The van der Waals surface area contributed by atoms with Crippen molar-refractivity contribution in [1.29, 1.82) is 0 Å². The van der Waals surface area contributed by atoms with Crippen molar-refractivity contribution in [2.75, 3.05) is 0 Å². The van der Waals surface area contributed by atoms with Gasteiger partial charge in [0.25, 0.3) is 11.1 Å². The predicted molar refractivity (Wildman–Crippen MR) is 72.0 cm³/mol. The molecule has 1 aromatic heterocycles. The van der Waals surface area contributed by atoms with Gasteiger partial charge in [-0.25, -0.2) is 9.36 Å². The van der Waals surface area contributed by atoms with Gasteiger partial charge < -0.3 is 0 Å². The van der Waals surface area contributed by atoms with Crippen molar-refractivity contribution in [3.63, 3.8) is 0 Å². The van der Waals surface area contributed by atoms with E-state index in [0.717, 1.165) is 5.56 Å². The summed E-state index contributed by atoms with van der Waals surface area (Å²) in [4.78, 5) is 25.3. The van der Waals surface area contributed by atoms with Gasteiger partial charge in [0.15, 0.2) is 0 Å². The van der Waals surface area contributed by atoms with Gasteiger partial charge in [-0.2, -0.15) is 0 Å². The van der Waals surface area contributed by atoms with Crippen molar-refractivity contribution in [2.24, 2.45) is 0 Å². The van der Waals surface area contributed by atoms with E-state index < -0.39 is 0 Å². The summed E-state index contributed by atoms with van der Waals surface area (Å²) in [5, 5.41) is 0.693. The summed E-state index contributed by atoms with van der Waals surface area (Å²) in [5.41, 5.74) is 0.653. The average molecular weight is 278 g/mol. The van der Waals surface area contributed by atoms with E-state index in [9.17, 15) is 9.59 Å². The maximum absolute atomic E-state index is 11.7. The smallest absolute Gasteiger partial charge is 0.266 e. The standard InChI is InChI=1S/C13H12ClN3O2/c14-11-4-2-1-3-10(11)7-15-8-16-12(18)5-6-13(19)17(16)9-15/h1-6H,7-9H2. The molecule has 0 amide bonds. The van der Waals surface area contributed by atoms with E-state index in [1.54, 1.807) is 0 Å². The monoisotopic (exact) mass is 277 g/mol. The van der Waals surface area contributed by atoms with Gasteiger partial charge >= 0.3 is 0 Å². The number of hydrogen-bond acceptors (Lipinski definition) is 3. The summed E-state index contributed by atoms with van der Waals surface area (Å²) < 4.78 is 2.89. The van der Waals surface area contributed by atoms with Crippen molar-refractivity contribution >= 4 is 11.6 Å². The van der Waals surface area contributed by atoms with Crippen LogP contribution in [0, 0.1) is 0 Å². The fourth-order valence-corrected chi connectivity index (χ4v) is 2.43. The van der Waals surface area contributed by atoms with E-state index in [2.05, 4.69) is 0 Å². The lowest BCUT2D eigenvalue weighted by Gasteiger charge is -2.13. The minimum atomic E-state index is -0.166. The molecule has 0 unspecified atom stereocenters. The topological polar surface area (TPSA) is 47.2 Å². The quantitative estimate of drug-likeness (QED) is 0.826. The summed E-state index contributed by atoms with van der Waals surface area (Å²) in [6, 6.07) is 10.2. The lowest BCUT2D eigenvalue weighted by molar-refractivity contribution is 0.236. The molecule has 0 radical (unpaired) electrons. The Hall–Kier alpha value is -1.85. The Kier molecular flexibility index (Phi) is 3.00. The zero-order valence-electron chi connectivity index (χ0n) is 10.1. The minimum absolute atomic E-state index is 0.166. The highest BCUT2D eigenvalue weighted by molar-refractivity contribution is 6.31. The Bertz CT molecular complexity index is 696. The number of hydrogen-bond donors (Lipinski definition) is 0. The molecule has 19 heavy (non-hydrogen) atoms. The average Bonchev–Trinajstić information content (AvgIpc) is 2.82. The molecule has 1 aliphatic rings. The van der Waals surface area contributed by atoms with Gasteiger partial charge in [0.2, 0.25) is 0 Å². The van der Waals surface area contributed by atoms with E-state index in [4.69, 9.17) is 11.6 Å². The highest BCUT2D eigenvalue weighted by atomic mass is 35.5. The van der Waals surface area contributed by atoms with Crippen molar-refractivity contribution in [2.45, 2.75) is 19.9 Å². The molecule has 1 aromatic carbocycles. The number of halogens is 1. The normalized spacial score (nSPS) is 14.6. The molecule has 2 aromatic rings. The number of fused-ring (bicyclic) bond motifs is 1. The molecule has 0 spiro atoms. The first-order valence-electron chi connectivity index (χ1n) is 5.92. The van der Waals surface area contributed by atoms with Crippen molar-refractivity contribution in [3.8, 4) is 0 Å². The molecule has 6 heteroatoms. The first-order valence-corrected chi connectivity index (χ1v) is 6.30. The third-order valence-electron chi connectivity index (χ3n) is 3.19. The molecule has 2 heterocycles. The van der Waals surface area contributed by atoms with E-state index >= 15 is 0 Å². The maximum Gasteiger partial charge on any atom is 0.266 e. The molecule has 0 saturated carbocycles. The highest BCUT2D eigenvalue weighted by Crippen LogP contribution is 2.18. The molecular formula is C13H12ClN3O2. The fourth-order valence-electron chi connectivity index (χ4n) is 2.24. The second kappa shape index (κ2) is 4.68. The largest absolute Gasteiger partial charge is 0.268 e. The molecule has 0 N–H and O–H groups in total. The molecule has 98 valence electrons. The van der Waals surface area contributed by atoms with Crippen LogP contribution in [0.1, 0.15) is 5.56 Å². The molecule has 3 rings (SSSR count). The highest BCUT2D eigenvalue weighted by Gasteiger charge is 2.20. The van der Waals surface area contributed by atoms with E-state index in [-0.39, 0.29) is 11.1 Å². The molecule has 0 aliphatic carbocycles. The Balaban J connectivity index is 1.87. The Labute approximate surface area is 114 Å². The van der Waals surface area contributed by atoms with Crippen LogP contribution in [-0.4, -0.2) is 14.3 Å². The number of aromatic nitrogens is 2. The van der Waals surface area contributed by atoms with Crippen LogP contribution < -0.4 is 11.1 Å². The number of rotatable bonds is 2. The van der Waals surface area contributed by atoms with Crippen molar-refractivity contribution < 1.29 is 0 Å². The molecule has 0 saturated heterocycles. The lowest BCUT2D eigenvalue weighted by Crippen LogP contribution is -2.32. The van der Waals surface area contributed by atoms with Gasteiger partial charge in [0.05, 0.1) is 13.3 Å². The van der Waals surface area contributed by atoms with Gasteiger partial charge in [-0.3, -0.25) is 14.5 Å². The van der Waals surface area contributed by atoms with Crippen LogP contribution in [0.3, 0.4) is 0 Å². The third kappa shape index (κ3) is 2.22. The second-order valence-corrected chi connectivity index (χ2v) is 4.92. The molecule has 0 bridgehead atoms. The lowest BCUT2D eigenvalue weighted by atomic mass is 10.2. The summed E-state index contributed by atoms with van der Waals surface area (Å²) in [7, 11) is 0. The summed E-state index contributed by atoms with van der Waals surface area (Å²) in [5.74, 6) is 0.